The Balaban J connectivity index is 2.15. The van der Waals surface area contributed by atoms with Gasteiger partial charge < -0.3 is 21.3 Å². The van der Waals surface area contributed by atoms with Gasteiger partial charge in [-0.3, -0.25) is 4.79 Å². The van der Waals surface area contributed by atoms with Gasteiger partial charge >= 0.3 is 0 Å². The summed E-state index contributed by atoms with van der Waals surface area (Å²) in [5, 5.41) is 1.04. The van der Waals surface area contributed by atoms with Crippen LogP contribution < -0.4 is 16.4 Å². The summed E-state index contributed by atoms with van der Waals surface area (Å²) in [6.45, 7) is 4.00. The molecule has 0 radical (unpaired) electrons. The Kier molecular flexibility index (Phi) is 3.02. The van der Waals surface area contributed by atoms with Crippen molar-refractivity contribution in [2.24, 2.45) is 5.73 Å². The molecule has 0 bridgehead atoms. The SMILES string of the molecule is CN1CCN(c2cc(N)c(C(N)=O)s2)CC1. The van der Waals surface area contributed by atoms with Gasteiger partial charge in [-0.25, -0.2) is 0 Å². The average Bonchev–Trinajstić information content (AvgIpc) is 2.61. The van der Waals surface area contributed by atoms with Crippen LogP contribution in [0.3, 0.4) is 0 Å². The van der Waals surface area contributed by atoms with E-state index in [1.807, 2.05) is 6.07 Å². The third kappa shape index (κ3) is 2.12. The second-order valence-corrected chi connectivity index (χ2v) is 5.05. The molecule has 0 saturated carbocycles. The number of nitrogen functional groups attached to an aromatic ring is 1. The van der Waals surface area contributed by atoms with E-state index >= 15 is 0 Å². The zero-order valence-corrected chi connectivity index (χ0v) is 10.1. The second-order valence-electron chi connectivity index (χ2n) is 4.02. The second kappa shape index (κ2) is 4.31. The highest BCUT2D eigenvalue weighted by Gasteiger charge is 2.19. The van der Waals surface area contributed by atoms with E-state index in [1.165, 1.54) is 11.3 Å². The van der Waals surface area contributed by atoms with Crippen LogP contribution in [0.4, 0.5) is 10.7 Å². The molecule has 0 atom stereocenters. The summed E-state index contributed by atoms with van der Waals surface area (Å²) in [7, 11) is 2.11. The number of anilines is 2. The van der Waals surface area contributed by atoms with Crippen LogP contribution in [-0.4, -0.2) is 44.0 Å². The van der Waals surface area contributed by atoms with Crippen LogP contribution in [0.5, 0.6) is 0 Å². The molecule has 1 aromatic heterocycles. The number of nitrogens with two attached hydrogens (primary N) is 2. The van der Waals surface area contributed by atoms with Crippen LogP contribution in [0.2, 0.25) is 0 Å². The van der Waals surface area contributed by atoms with E-state index in [-0.39, 0.29) is 0 Å². The number of primary amides is 1. The zero-order chi connectivity index (χ0) is 11.7. The number of thiophene rings is 1. The van der Waals surface area contributed by atoms with Crippen molar-refractivity contribution in [3.63, 3.8) is 0 Å². The summed E-state index contributed by atoms with van der Waals surface area (Å²) in [6, 6.07) is 1.84. The molecule has 16 heavy (non-hydrogen) atoms. The molecule has 1 aromatic rings. The summed E-state index contributed by atoms with van der Waals surface area (Å²) in [6.07, 6.45) is 0. The number of piperazine rings is 1. The Labute approximate surface area is 98.6 Å². The van der Waals surface area contributed by atoms with Crippen LogP contribution in [-0.2, 0) is 0 Å². The highest BCUT2D eigenvalue weighted by atomic mass is 32.1. The van der Waals surface area contributed by atoms with Gasteiger partial charge in [0.15, 0.2) is 0 Å². The van der Waals surface area contributed by atoms with Gasteiger partial charge in [0.05, 0.1) is 10.7 Å². The molecule has 0 spiro atoms. The van der Waals surface area contributed by atoms with Crippen LogP contribution in [0.1, 0.15) is 9.67 Å². The summed E-state index contributed by atoms with van der Waals surface area (Å²) < 4.78 is 0. The first kappa shape index (κ1) is 11.2. The largest absolute Gasteiger partial charge is 0.397 e. The molecule has 0 aliphatic carbocycles. The fourth-order valence-corrected chi connectivity index (χ4v) is 2.75. The minimum atomic E-state index is -0.442. The van der Waals surface area contributed by atoms with Crippen molar-refractivity contribution in [3.8, 4) is 0 Å². The van der Waals surface area contributed by atoms with E-state index in [0.29, 0.717) is 10.6 Å². The lowest BCUT2D eigenvalue weighted by Crippen LogP contribution is -2.44. The Morgan fingerprint density at radius 3 is 2.50 bits per heavy atom. The first-order valence-corrected chi connectivity index (χ1v) is 6.02. The Morgan fingerprint density at radius 2 is 2.00 bits per heavy atom. The lowest BCUT2D eigenvalue weighted by molar-refractivity contribution is 0.100. The normalized spacial score (nSPS) is 17.7. The Hall–Kier alpha value is -1.27. The van der Waals surface area contributed by atoms with E-state index in [1.54, 1.807) is 0 Å². The fraction of sp³-hybridized carbons (Fsp3) is 0.500. The van der Waals surface area contributed by atoms with Crippen molar-refractivity contribution in [2.75, 3.05) is 43.9 Å². The van der Waals surface area contributed by atoms with Crippen molar-refractivity contribution < 1.29 is 4.79 Å². The molecule has 88 valence electrons. The first-order valence-electron chi connectivity index (χ1n) is 5.20. The summed E-state index contributed by atoms with van der Waals surface area (Å²) in [5.74, 6) is -0.442. The molecule has 6 heteroatoms. The van der Waals surface area contributed by atoms with Crippen LogP contribution in [0, 0.1) is 0 Å². The van der Waals surface area contributed by atoms with Crippen molar-refractivity contribution in [1.29, 1.82) is 0 Å². The predicted octanol–water partition coefficient (Wildman–Crippen LogP) is 0.181. The van der Waals surface area contributed by atoms with Crippen molar-refractivity contribution in [2.45, 2.75) is 0 Å². The van der Waals surface area contributed by atoms with Gasteiger partial charge in [0.2, 0.25) is 0 Å². The van der Waals surface area contributed by atoms with Gasteiger partial charge in [-0.1, -0.05) is 0 Å². The molecule has 2 heterocycles. The molecule has 0 unspecified atom stereocenters. The monoisotopic (exact) mass is 240 g/mol. The number of carbonyl (C=O) groups excluding carboxylic acids is 1. The first-order chi connectivity index (χ1) is 7.58. The summed E-state index contributed by atoms with van der Waals surface area (Å²) in [4.78, 5) is 16.1. The zero-order valence-electron chi connectivity index (χ0n) is 9.27. The number of amides is 1. The van der Waals surface area contributed by atoms with Gasteiger partial charge in [-0.05, 0) is 13.1 Å². The lowest BCUT2D eigenvalue weighted by Gasteiger charge is -2.32. The van der Waals surface area contributed by atoms with E-state index in [4.69, 9.17) is 11.5 Å². The molecular formula is C10H16N4OS. The summed E-state index contributed by atoms with van der Waals surface area (Å²) >= 11 is 1.38. The minimum absolute atomic E-state index is 0.442. The molecule has 5 nitrogen and oxygen atoms in total. The number of rotatable bonds is 2. The standard InChI is InChI=1S/C10H16N4OS/c1-13-2-4-14(5-3-13)8-6-7(11)9(16-8)10(12)15/h6H,2-5,11H2,1H3,(H2,12,15). The molecule has 2 rings (SSSR count). The van der Waals surface area contributed by atoms with Crippen molar-refractivity contribution in [1.82, 2.24) is 4.90 Å². The molecule has 4 N–H and O–H groups in total. The molecule has 1 aliphatic heterocycles. The van der Waals surface area contributed by atoms with Crippen molar-refractivity contribution >= 4 is 27.9 Å². The van der Waals surface area contributed by atoms with Crippen LogP contribution in [0.25, 0.3) is 0 Å². The van der Waals surface area contributed by atoms with Crippen LogP contribution in [0.15, 0.2) is 6.07 Å². The van der Waals surface area contributed by atoms with Gasteiger partial charge in [0.1, 0.15) is 4.88 Å². The topological polar surface area (TPSA) is 75.6 Å². The smallest absolute Gasteiger partial charge is 0.260 e. The third-order valence-corrected chi connectivity index (χ3v) is 4.01. The number of carbonyl (C=O) groups is 1. The number of hydrogen-bond donors (Lipinski definition) is 2. The number of nitrogens with zero attached hydrogens (tertiary/aromatic N) is 2. The predicted molar refractivity (Wildman–Crippen MR) is 67.0 cm³/mol. The Bertz CT molecular complexity index is 396. The quantitative estimate of drug-likeness (QED) is 0.773. The fourth-order valence-electron chi connectivity index (χ4n) is 1.77. The molecule has 0 aromatic carbocycles. The van der Waals surface area contributed by atoms with Gasteiger partial charge in [-0.2, -0.15) is 0 Å². The number of hydrogen-bond acceptors (Lipinski definition) is 5. The maximum atomic E-state index is 11.1. The lowest BCUT2D eigenvalue weighted by atomic mass is 10.3. The van der Waals surface area contributed by atoms with E-state index in [0.717, 1.165) is 31.2 Å². The highest BCUT2D eigenvalue weighted by Crippen LogP contribution is 2.32. The Morgan fingerprint density at radius 1 is 1.38 bits per heavy atom. The van der Waals surface area contributed by atoms with Crippen LogP contribution >= 0.6 is 11.3 Å². The summed E-state index contributed by atoms with van der Waals surface area (Å²) in [5.41, 5.74) is 11.5. The van der Waals surface area contributed by atoms with Crippen molar-refractivity contribution in [3.05, 3.63) is 10.9 Å². The molecule has 1 saturated heterocycles. The number of likely N-dealkylation sites (N-methyl/N-ethyl adjacent to an activating group) is 1. The van der Waals surface area contributed by atoms with Gasteiger partial charge in [0.25, 0.3) is 5.91 Å². The van der Waals surface area contributed by atoms with E-state index < -0.39 is 5.91 Å². The van der Waals surface area contributed by atoms with E-state index in [9.17, 15) is 4.79 Å². The van der Waals surface area contributed by atoms with E-state index in [2.05, 4.69) is 16.8 Å². The molecule has 1 amide bonds. The third-order valence-electron chi connectivity index (χ3n) is 2.79. The van der Waals surface area contributed by atoms with Gasteiger partial charge in [0, 0.05) is 26.2 Å². The maximum absolute atomic E-state index is 11.1. The molecular weight excluding hydrogens is 224 g/mol. The average molecular weight is 240 g/mol. The molecule has 1 fully saturated rings. The minimum Gasteiger partial charge on any atom is -0.397 e. The van der Waals surface area contributed by atoms with Gasteiger partial charge in [-0.15, -0.1) is 11.3 Å². The maximum Gasteiger partial charge on any atom is 0.260 e. The molecule has 1 aliphatic rings. The highest BCUT2D eigenvalue weighted by molar-refractivity contribution is 7.18.